The summed E-state index contributed by atoms with van der Waals surface area (Å²) in [6, 6.07) is 0.356. The summed E-state index contributed by atoms with van der Waals surface area (Å²) >= 11 is 0. The topological polar surface area (TPSA) is 55.8 Å². The average molecular weight is 241 g/mol. The Hall–Kier alpha value is -0.810. The summed E-state index contributed by atoms with van der Waals surface area (Å²) in [5.41, 5.74) is 0. The first kappa shape index (κ1) is 12.6. The Kier molecular flexibility index (Phi) is 4.23. The molecule has 0 unspecified atom stereocenters. The molecule has 0 aromatic carbocycles. The van der Waals surface area contributed by atoms with Crippen molar-refractivity contribution in [2.75, 3.05) is 39.3 Å². The maximum atomic E-state index is 10.9. The maximum absolute atomic E-state index is 10.9. The Morgan fingerprint density at radius 2 is 2.06 bits per heavy atom. The maximum Gasteiger partial charge on any atom is 0.407 e. The van der Waals surface area contributed by atoms with Crippen LogP contribution in [-0.2, 0) is 0 Å². The van der Waals surface area contributed by atoms with Gasteiger partial charge in [-0.25, -0.2) is 4.79 Å². The Bertz CT molecular complexity index is 266. The van der Waals surface area contributed by atoms with Crippen LogP contribution in [0.25, 0.3) is 0 Å². The van der Waals surface area contributed by atoms with Gasteiger partial charge in [0.15, 0.2) is 0 Å². The zero-order valence-corrected chi connectivity index (χ0v) is 10.6. The van der Waals surface area contributed by atoms with Gasteiger partial charge in [-0.1, -0.05) is 0 Å². The highest BCUT2D eigenvalue weighted by Gasteiger charge is 2.28. The molecule has 0 aliphatic carbocycles. The van der Waals surface area contributed by atoms with Crippen molar-refractivity contribution in [1.29, 1.82) is 0 Å². The standard InChI is InChI=1S/C12H23N3O2/c1-10-8-15(12(16)17)7-6-14(10)9-11-2-4-13-5-3-11/h10-11,13H,2-9H2,1H3,(H,16,17)/t10-/m0/s1. The molecule has 2 heterocycles. The van der Waals surface area contributed by atoms with E-state index in [1.165, 1.54) is 17.7 Å². The quantitative estimate of drug-likeness (QED) is 0.746. The number of nitrogens with zero attached hydrogens (tertiary/aromatic N) is 2. The Morgan fingerprint density at radius 1 is 1.35 bits per heavy atom. The lowest BCUT2D eigenvalue weighted by Gasteiger charge is -2.40. The molecule has 0 saturated carbocycles. The Balaban J connectivity index is 1.80. The van der Waals surface area contributed by atoms with Gasteiger partial charge in [0.25, 0.3) is 0 Å². The van der Waals surface area contributed by atoms with Crippen LogP contribution in [0.15, 0.2) is 0 Å². The van der Waals surface area contributed by atoms with Crippen LogP contribution in [0.3, 0.4) is 0 Å². The van der Waals surface area contributed by atoms with Crippen LogP contribution in [0.1, 0.15) is 19.8 Å². The second-order valence-electron chi connectivity index (χ2n) is 5.27. The van der Waals surface area contributed by atoms with E-state index in [1.807, 2.05) is 0 Å². The molecule has 5 nitrogen and oxygen atoms in total. The van der Waals surface area contributed by atoms with Crippen LogP contribution >= 0.6 is 0 Å². The van der Waals surface area contributed by atoms with Gasteiger partial charge < -0.3 is 15.3 Å². The molecule has 0 radical (unpaired) electrons. The zero-order chi connectivity index (χ0) is 12.3. The minimum Gasteiger partial charge on any atom is -0.465 e. The number of carboxylic acid groups (broad SMARTS) is 1. The minimum absolute atomic E-state index is 0.356. The van der Waals surface area contributed by atoms with Crippen molar-refractivity contribution in [1.82, 2.24) is 15.1 Å². The molecule has 2 aliphatic rings. The minimum atomic E-state index is -0.779. The highest BCUT2D eigenvalue weighted by molar-refractivity contribution is 5.65. The molecular weight excluding hydrogens is 218 g/mol. The number of hydrogen-bond acceptors (Lipinski definition) is 3. The number of rotatable bonds is 2. The molecule has 2 saturated heterocycles. The number of amides is 1. The number of hydrogen-bond donors (Lipinski definition) is 2. The van der Waals surface area contributed by atoms with Crippen molar-refractivity contribution in [3.63, 3.8) is 0 Å². The summed E-state index contributed by atoms with van der Waals surface area (Å²) < 4.78 is 0. The van der Waals surface area contributed by atoms with Crippen molar-refractivity contribution in [3.05, 3.63) is 0 Å². The molecule has 17 heavy (non-hydrogen) atoms. The van der Waals surface area contributed by atoms with Gasteiger partial charge >= 0.3 is 6.09 Å². The molecule has 2 rings (SSSR count). The van der Waals surface area contributed by atoms with Crippen molar-refractivity contribution < 1.29 is 9.90 Å². The van der Waals surface area contributed by atoms with Crippen LogP contribution in [-0.4, -0.2) is 66.3 Å². The van der Waals surface area contributed by atoms with Crippen LogP contribution in [0.4, 0.5) is 4.79 Å². The molecule has 0 aromatic heterocycles. The normalized spacial score (nSPS) is 28.3. The third-order valence-corrected chi connectivity index (χ3v) is 3.99. The highest BCUT2D eigenvalue weighted by atomic mass is 16.4. The number of piperidine rings is 1. The van der Waals surface area contributed by atoms with Crippen molar-refractivity contribution >= 4 is 6.09 Å². The fourth-order valence-electron chi connectivity index (χ4n) is 2.84. The lowest BCUT2D eigenvalue weighted by molar-refractivity contribution is 0.0625. The smallest absolute Gasteiger partial charge is 0.407 e. The number of piperazine rings is 1. The van der Waals surface area contributed by atoms with E-state index in [0.29, 0.717) is 19.1 Å². The van der Waals surface area contributed by atoms with E-state index in [9.17, 15) is 4.79 Å². The molecule has 2 fully saturated rings. The van der Waals surface area contributed by atoms with Gasteiger partial charge in [0.1, 0.15) is 0 Å². The van der Waals surface area contributed by atoms with E-state index in [1.54, 1.807) is 0 Å². The van der Waals surface area contributed by atoms with Gasteiger partial charge in [-0.2, -0.15) is 0 Å². The van der Waals surface area contributed by atoms with E-state index in [2.05, 4.69) is 17.1 Å². The summed E-state index contributed by atoms with van der Waals surface area (Å²) in [6.45, 7) is 7.73. The molecule has 98 valence electrons. The van der Waals surface area contributed by atoms with E-state index < -0.39 is 6.09 Å². The lowest BCUT2D eigenvalue weighted by atomic mass is 9.96. The molecule has 1 atom stereocenters. The molecule has 2 aliphatic heterocycles. The molecule has 0 bridgehead atoms. The summed E-state index contributed by atoms with van der Waals surface area (Å²) in [5, 5.41) is 12.3. The van der Waals surface area contributed by atoms with Gasteiger partial charge in [0.05, 0.1) is 0 Å². The Morgan fingerprint density at radius 3 is 2.65 bits per heavy atom. The highest BCUT2D eigenvalue weighted by Crippen LogP contribution is 2.17. The zero-order valence-electron chi connectivity index (χ0n) is 10.6. The SMILES string of the molecule is C[C@H]1CN(C(=O)O)CCN1CC1CCNCC1. The van der Waals surface area contributed by atoms with Gasteiger partial charge in [-0.3, -0.25) is 4.90 Å². The van der Waals surface area contributed by atoms with E-state index in [-0.39, 0.29) is 0 Å². The third-order valence-electron chi connectivity index (χ3n) is 3.99. The molecule has 0 spiro atoms. The van der Waals surface area contributed by atoms with Gasteiger partial charge in [-0.15, -0.1) is 0 Å². The molecular formula is C12H23N3O2. The number of carbonyl (C=O) groups is 1. The predicted octanol–water partition coefficient (Wildman–Crippen LogP) is 0.670. The van der Waals surface area contributed by atoms with Gasteiger partial charge in [0, 0.05) is 32.2 Å². The van der Waals surface area contributed by atoms with Crippen LogP contribution in [0, 0.1) is 5.92 Å². The van der Waals surface area contributed by atoms with E-state index in [0.717, 1.165) is 32.1 Å². The van der Waals surface area contributed by atoms with Crippen LogP contribution in [0.5, 0.6) is 0 Å². The molecule has 1 amide bonds. The van der Waals surface area contributed by atoms with Gasteiger partial charge in [-0.05, 0) is 38.8 Å². The monoisotopic (exact) mass is 241 g/mol. The third kappa shape index (κ3) is 3.33. The summed E-state index contributed by atoms with van der Waals surface area (Å²) in [7, 11) is 0. The average Bonchev–Trinajstić information content (AvgIpc) is 2.33. The van der Waals surface area contributed by atoms with E-state index >= 15 is 0 Å². The van der Waals surface area contributed by atoms with Gasteiger partial charge in [0.2, 0.25) is 0 Å². The van der Waals surface area contributed by atoms with Crippen molar-refractivity contribution in [2.24, 2.45) is 5.92 Å². The molecule has 2 N–H and O–H groups in total. The largest absolute Gasteiger partial charge is 0.465 e. The lowest BCUT2D eigenvalue weighted by Crippen LogP contribution is -2.54. The summed E-state index contributed by atoms with van der Waals surface area (Å²) in [4.78, 5) is 14.9. The Labute approximate surface area is 103 Å². The summed E-state index contributed by atoms with van der Waals surface area (Å²) in [6.07, 6.45) is 1.73. The predicted molar refractivity (Wildman–Crippen MR) is 66.2 cm³/mol. The van der Waals surface area contributed by atoms with E-state index in [4.69, 9.17) is 5.11 Å². The van der Waals surface area contributed by atoms with Crippen molar-refractivity contribution in [3.8, 4) is 0 Å². The second kappa shape index (κ2) is 5.69. The van der Waals surface area contributed by atoms with Crippen LogP contribution in [0.2, 0.25) is 0 Å². The number of nitrogens with one attached hydrogen (secondary N) is 1. The fraction of sp³-hybridized carbons (Fsp3) is 0.917. The molecule has 0 aromatic rings. The first-order chi connectivity index (χ1) is 8.16. The second-order valence-corrected chi connectivity index (χ2v) is 5.27. The first-order valence-corrected chi connectivity index (χ1v) is 6.59. The van der Waals surface area contributed by atoms with Crippen molar-refractivity contribution in [2.45, 2.75) is 25.8 Å². The van der Waals surface area contributed by atoms with Crippen LogP contribution < -0.4 is 5.32 Å². The first-order valence-electron chi connectivity index (χ1n) is 6.59. The summed E-state index contributed by atoms with van der Waals surface area (Å²) in [5.74, 6) is 0.787. The fourth-order valence-corrected chi connectivity index (χ4v) is 2.84. The molecule has 5 heteroatoms.